The maximum absolute atomic E-state index is 14.5. The number of carbonyl (C=O) groups excluding carboxylic acids is 3. The van der Waals surface area contributed by atoms with Crippen LogP contribution in [0.25, 0.3) is 0 Å². The first-order chi connectivity index (χ1) is 23.5. The Morgan fingerprint density at radius 1 is 1.02 bits per heavy atom. The molecule has 3 aromatic carbocycles. The van der Waals surface area contributed by atoms with Crippen molar-refractivity contribution in [1.82, 2.24) is 4.90 Å². The topological polar surface area (TPSA) is 115 Å². The molecule has 10 nitrogen and oxygen atoms in total. The number of benzene rings is 3. The number of carbonyl (C=O) groups is 3. The lowest BCUT2D eigenvalue weighted by atomic mass is 9.85. The molecular weight excluding hydrogens is 641 g/mol. The van der Waals surface area contributed by atoms with E-state index in [9.17, 15) is 19.5 Å². The van der Waals surface area contributed by atoms with Gasteiger partial charge in [-0.25, -0.2) is 0 Å². The van der Waals surface area contributed by atoms with Crippen molar-refractivity contribution in [3.05, 3.63) is 83.4 Å². The van der Waals surface area contributed by atoms with E-state index in [2.05, 4.69) is 44.3 Å². The lowest BCUT2D eigenvalue weighted by Gasteiger charge is -2.47. The second-order valence-electron chi connectivity index (χ2n) is 13.9. The molecule has 0 radical (unpaired) electrons. The summed E-state index contributed by atoms with van der Waals surface area (Å²) in [6.45, 7) is 8.32. The second-order valence-corrected chi connectivity index (χ2v) is 18.7. The van der Waals surface area contributed by atoms with Crippen LogP contribution in [0.4, 0.5) is 5.69 Å². The molecule has 6 rings (SSSR count). The minimum atomic E-state index is -2.47. The molecule has 0 saturated carbocycles. The molecule has 3 aliphatic rings. The smallest absolute Gasteiger partial charge is 0.304 e. The number of aliphatic hydroxyl groups excluding tert-OH is 1. The van der Waals surface area contributed by atoms with E-state index in [0.29, 0.717) is 24.4 Å². The molecule has 11 heteroatoms. The van der Waals surface area contributed by atoms with E-state index in [1.54, 1.807) is 20.3 Å². The van der Waals surface area contributed by atoms with Gasteiger partial charge in [-0.2, -0.15) is 0 Å². The monoisotopic (exact) mass is 686 g/mol. The molecule has 3 aliphatic heterocycles. The molecule has 2 amide bonds. The summed E-state index contributed by atoms with van der Waals surface area (Å²) in [5.74, 6) is 0.650. The van der Waals surface area contributed by atoms with Crippen LogP contribution in [0, 0.1) is 5.92 Å². The minimum Gasteiger partial charge on any atom is -0.497 e. The highest BCUT2D eigenvalue weighted by Crippen LogP contribution is 2.49. The average Bonchev–Trinajstić information content (AvgIpc) is 3.09. The Hall–Kier alpha value is -4.19. The lowest BCUT2D eigenvalue weighted by Crippen LogP contribution is -2.56. The molecule has 0 bridgehead atoms. The number of amides is 2. The maximum atomic E-state index is 14.5. The quantitative estimate of drug-likeness (QED) is 0.185. The van der Waals surface area contributed by atoms with Gasteiger partial charge in [0.15, 0.2) is 6.23 Å². The van der Waals surface area contributed by atoms with Crippen LogP contribution in [0.1, 0.15) is 49.5 Å². The van der Waals surface area contributed by atoms with Gasteiger partial charge in [0.2, 0.25) is 11.8 Å². The molecule has 49 heavy (non-hydrogen) atoms. The van der Waals surface area contributed by atoms with Gasteiger partial charge in [0.1, 0.15) is 17.6 Å². The standard InChI is InChI=1S/C38H46N2O8Si/c1-23-37(46-4)31-18-27(40-35(44)20-36(40)47-24(2)42)11-16-32(31)48-38(23)33(49(5,6)30-14-12-29(45-3)13-15-30)19-34(43)39-21-26-10-8-7-9-25(26)17-28(39)22-41/h7-16,18,23,28,33,36-38,41H,17,19-22H2,1-6H3/t23-,28+,33?,36?,37-,38-/m1/s1. The first-order valence-electron chi connectivity index (χ1n) is 16.9. The fraction of sp³-hybridized carbons (Fsp3) is 0.447. The Morgan fingerprint density at radius 3 is 2.37 bits per heavy atom. The van der Waals surface area contributed by atoms with E-state index in [1.807, 2.05) is 41.3 Å². The number of aliphatic hydroxyl groups is 1. The molecule has 260 valence electrons. The van der Waals surface area contributed by atoms with Crippen LogP contribution < -0.4 is 19.6 Å². The molecule has 1 N–H and O–H groups in total. The summed E-state index contributed by atoms with van der Waals surface area (Å²) in [4.78, 5) is 42.0. The number of anilines is 1. The Kier molecular flexibility index (Phi) is 9.88. The summed E-state index contributed by atoms with van der Waals surface area (Å²) in [6, 6.07) is 21.5. The number of rotatable bonds is 10. The van der Waals surface area contributed by atoms with Crippen molar-refractivity contribution in [2.24, 2.45) is 5.92 Å². The Balaban J connectivity index is 1.35. The molecule has 1 saturated heterocycles. The second kappa shape index (κ2) is 14.0. The van der Waals surface area contributed by atoms with Crippen LogP contribution in [0.15, 0.2) is 66.7 Å². The van der Waals surface area contributed by atoms with Crippen molar-refractivity contribution in [1.29, 1.82) is 0 Å². The van der Waals surface area contributed by atoms with E-state index in [4.69, 9.17) is 18.9 Å². The summed E-state index contributed by atoms with van der Waals surface area (Å²) in [7, 11) is 0.838. The summed E-state index contributed by atoms with van der Waals surface area (Å²) in [6.07, 6.45) is -0.412. The molecule has 3 aromatic rings. The summed E-state index contributed by atoms with van der Waals surface area (Å²) < 4.78 is 23.9. The first kappa shape index (κ1) is 34.7. The van der Waals surface area contributed by atoms with E-state index in [1.165, 1.54) is 17.0 Å². The summed E-state index contributed by atoms with van der Waals surface area (Å²) in [5, 5.41) is 11.6. The zero-order chi connectivity index (χ0) is 35.0. The summed E-state index contributed by atoms with van der Waals surface area (Å²) in [5.41, 5.74) is 3.50. The number of nitrogens with zero attached hydrogens (tertiary/aromatic N) is 2. The number of fused-ring (bicyclic) bond motifs is 2. The van der Waals surface area contributed by atoms with Gasteiger partial charge in [0, 0.05) is 49.7 Å². The highest BCUT2D eigenvalue weighted by Gasteiger charge is 2.49. The average molecular weight is 687 g/mol. The fourth-order valence-corrected chi connectivity index (χ4v) is 11.2. The van der Waals surface area contributed by atoms with Gasteiger partial charge in [-0.05, 0) is 47.9 Å². The third-order valence-electron chi connectivity index (χ3n) is 10.7. The summed E-state index contributed by atoms with van der Waals surface area (Å²) >= 11 is 0. The van der Waals surface area contributed by atoms with E-state index < -0.39 is 20.3 Å². The Morgan fingerprint density at radius 2 is 1.73 bits per heavy atom. The number of methoxy groups -OCH3 is 2. The number of hydrogen-bond donors (Lipinski definition) is 1. The zero-order valence-corrected chi connectivity index (χ0v) is 30.0. The van der Waals surface area contributed by atoms with Gasteiger partial charge < -0.3 is 29.0 Å². The first-order valence-corrected chi connectivity index (χ1v) is 20.0. The normalized spacial score (nSPS) is 23.8. The Labute approximate surface area is 288 Å². The molecule has 2 unspecified atom stereocenters. The predicted octanol–water partition coefficient (Wildman–Crippen LogP) is 4.73. The van der Waals surface area contributed by atoms with Crippen molar-refractivity contribution < 1.29 is 38.4 Å². The van der Waals surface area contributed by atoms with Crippen LogP contribution in [0.2, 0.25) is 18.6 Å². The number of esters is 1. The van der Waals surface area contributed by atoms with Crippen LogP contribution in [0.5, 0.6) is 11.5 Å². The van der Waals surface area contributed by atoms with Gasteiger partial charge in [0.05, 0.1) is 40.4 Å². The van der Waals surface area contributed by atoms with Gasteiger partial charge in [-0.3, -0.25) is 19.3 Å². The SMILES string of the molecule is COc1ccc([Si](C)(C)C(CC(=O)N2Cc3ccccc3C[C@H]2CO)[C@@H]2Oc3ccc(N4C(=O)CC4OC(C)=O)cc3[C@H](OC)[C@H]2C)cc1. The van der Waals surface area contributed by atoms with Gasteiger partial charge in [-0.15, -0.1) is 0 Å². The van der Waals surface area contributed by atoms with Gasteiger partial charge in [-0.1, -0.05) is 61.6 Å². The van der Waals surface area contributed by atoms with E-state index in [0.717, 1.165) is 22.4 Å². The van der Waals surface area contributed by atoms with E-state index in [-0.39, 0.29) is 61.0 Å². The van der Waals surface area contributed by atoms with Crippen molar-refractivity contribution >= 4 is 36.7 Å². The van der Waals surface area contributed by atoms with E-state index >= 15 is 0 Å². The fourth-order valence-electron chi connectivity index (χ4n) is 7.86. The van der Waals surface area contributed by atoms with Crippen molar-refractivity contribution in [3.63, 3.8) is 0 Å². The lowest BCUT2D eigenvalue weighted by molar-refractivity contribution is -0.154. The van der Waals surface area contributed by atoms with Crippen LogP contribution in [0.3, 0.4) is 0 Å². The largest absolute Gasteiger partial charge is 0.497 e. The number of β-lactam (4-membered cyclic amide) rings is 1. The maximum Gasteiger partial charge on any atom is 0.304 e. The predicted molar refractivity (Wildman–Crippen MR) is 187 cm³/mol. The van der Waals surface area contributed by atoms with Crippen molar-refractivity contribution in [2.45, 2.75) is 82.8 Å². The van der Waals surface area contributed by atoms with Crippen LogP contribution in [-0.4, -0.2) is 75.1 Å². The Bertz CT molecular complexity index is 1710. The van der Waals surface area contributed by atoms with Crippen LogP contribution >= 0.6 is 0 Å². The third kappa shape index (κ3) is 6.59. The molecule has 0 aromatic heterocycles. The van der Waals surface area contributed by atoms with Gasteiger partial charge >= 0.3 is 5.97 Å². The minimum absolute atomic E-state index is 0.00800. The number of ether oxygens (including phenoxy) is 4. The third-order valence-corrected chi connectivity index (χ3v) is 14.9. The highest BCUT2D eigenvalue weighted by molar-refractivity contribution is 6.91. The van der Waals surface area contributed by atoms with Crippen LogP contribution in [-0.2, 0) is 36.8 Å². The molecule has 0 aliphatic carbocycles. The molecule has 6 atom stereocenters. The van der Waals surface area contributed by atoms with Crippen molar-refractivity contribution in [3.8, 4) is 11.5 Å². The molecular formula is C38H46N2O8Si. The van der Waals surface area contributed by atoms with Crippen molar-refractivity contribution in [2.75, 3.05) is 25.7 Å². The highest BCUT2D eigenvalue weighted by atomic mass is 28.3. The zero-order valence-electron chi connectivity index (χ0n) is 29.0. The molecule has 0 spiro atoms. The molecule has 1 fully saturated rings. The molecule has 3 heterocycles. The van der Waals surface area contributed by atoms with Gasteiger partial charge in [0.25, 0.3) is 0 Å². The number of hydrogen-bond acceptors (Lipinski definition) is 8.